The summed E-state index contributed by atoms with van der Waals surface area (Å²) >= 11 is 0. The Balaban J connectivity index is 2.13. The number of nitrogens with one attached hydrogen (secondary N) is 1. The van der Waals surface area contributed by atoms with Gasteiger partial charge in [0.2, 0.25) is 0 Å². The number of hydrogen-bond donors (Lipinski definition) is 1. The Morgan fingerprint density at radius 2 is 2.29 bits per heavy atom. The molecule has 0 aliphatic heterocycles. The van der Waals surface area contributed by atoms with E-state index < -0.39 is 0 Å². The van der Waals surface area contributed by atoms with E-state index in [0.29, 0.717) is 5.54 Å². The first-order valence-electron chi connectivity index (χ1n) is 2.81. The van der Waals surface area contributed by atoms with Gasteiger partial charge in [-0.3, -0.25) is 0 Å². The molecule has 41 valence electrons. The molecule has 0 bridgehead atoms. The summed E-state index contributed by atoms with van der Waals surface area (Å²) in [5.41, 5.74) is 0.488. The average Bonchev–Trinajstić information content (AvgIpc) is 2.22. The maximum absolute atomic E-state index is 3.70. The van der Waals surface area contributed by atoms with Crippen LogP contribution in [0.15, 0.2) is 0 Å². The van der Waals surface area contributed by atoms with Crippen LogP contribution in [0, 0.1) is 6.92 Å². The number of hydrogen-bond acceptors (Lipinski definition) is 1. The summed E-state index contributed by atoms with van der Waals surface area (Å²) < 4.78 is 0. The van der Waals surface area contributed by atoms with Crippen molar-refractivity contribution in [3.8, 4) is 0 Å². The Morgan fingerprint density at radius 3 is 2.43 bits per heavy atom. The fourth-order valence-corrected chi connectivity index (χ4v) is 0.666. The molecule has 1 saturated carbocycles. The van der Waals surface area contributed by atoms with E-state index in [1.54, 1.807) is 0 Å². The summed E-state index contributed by atoms with van der Waals surface area (Å²) in [7, 11) is 0. The van der Waals surface area contributed by atoms with Gasteiger partial charge in [0, 0.05) is 5.54 Å². The zero-order chi connectivity index (χ0) is 5.33. The molecular formula is C6H12N. The monoisotopic (exact) mass is 98.1 g/mol. The molecule has 1 heteroatoms. The van der Waals surface area contributed by atoms with E-state index in [0.717, 1.165) is 6.54 Å². The van der Waals surface area contributed by atoms with Crippen molar-refractivity contribution in [1.29, 1.82) is 0 Å². The number of rotatable bonds is 2. The second kappa shape index (κ2) is 1.48. The first kappa shape index (κ1) is 5.10. The van der Waals surface area contributed by atoms with Gasteiger partial charge in [-0.1, -0.05) is 0 Å². The Kier molecular flexibility index (Phi) is 1.08. The average molecular weight is 98.2 g/mol. The van der Waals surface area contributed by atoms with E-state index in [2.05, 4.69) is 19.2 Å². The molecule has 1 radical (unpaired) electrons. The largest absolute Gasteiger partial charge is 0.312 e. The molecule has 0 aromatic rings. The van der Waals surface area contributed by atoms with Crippen LogP contribution in [0.4, 0.5) is 0 Å². The lowest BCUT2D eigenvalue weighted by Crippen LogP contribution is -2.26. The topological polar surface area (TPSA) is 12.0 Å². The molecule has 0 atom stereocenters. The third-order valence-electron chi connectivity index (χ3n) is 1.55. The molecule has 1 N–H and O–H groups in total. The van der Waals surface area contributed by atoms with Crippen LogP contribution in [0.3, 0.4) is 0 Å². The molecule has 0 unspecified atom stereocenters. The van der Waals surface area contributed by atoms with Crippen LogP contribution >= 0.6 is 0 Å². The molecule has 0 heterocycles. The van der Waals surface area contributed by atoms with E-state index >= 15 is 0 Å². The fourth-order valence-electron chi connectivity index (χ4n) is 0.666. The molecule has 7 heavy (non-hydrogen) atoms. The first-order chi connectivity index (χ1) is 3.27. The van der Waals surface area contributed by atoms with Crippen LogP contribution in [0.25, 0.3) is 0 Å². The van der Waals surface area contributed by atoms with Crippen molar-refractivity contribution in [1.82, 2.24) is 5.32 Å². The molecule has 1 fully saturated rings. The lowest BCUT2D eigenvalue weighted by atomic mass is 10.3. The maximum Gasteiger partial charge on any atom is 0.0154 e. The van der Waals surface area contributed by atoms with Crippen LogP contribution in [0.2, 0.25) is 0 Å². The zero-order valence-electron chi connectivity index (χ0n) is 4.83. The van der Waals surface area contributed by atoms with Crippen LogP contribution in [-0.2, 0) is 0 Å². The van der Waals surface area contributed by atoms with Crippen molar-refractivity contribution in [2.45, 2.75) is 25.3 Å². The molecule has 1 aliphatic rings. The van der Waals surface area contributed by atoms with Crippen molar-refractivity contribution >= 4 is 0 Å². The summed E-state index contributed by atoms with van der Waals surface area (Å²) in [6, 6.07) is 0. The highest BCUT2D eigenvalue weighted by Gasteiger charge is 2.35. The van der Waals surface area contributed by atoms with E-state index in [1.807, 2.05) is 0 Å². The van der Waals surface area contributed by atoms with Gasteiger partial charge in [-0.25, -0.2) is 0 Å². The smallest absolute Gasteiger partial charge is 0.0154 e. The Labute approximate surface area is 45.1 Å². The molecule has 0 spiro atoms. The van der Waals surface area contributed by atoms with Crippen molar-refractivity contribution in [2.75, 3.05) is 6.54 Å². The quantitative estimate of drug-likeness (QED) is 0.542. The van der Waals surface area contributed by atoms with Gasteiger partial charge < -0.3 is 5.32 Å². The van der Waals surface area contributed by atoms with Crippen LogP contribution in [-0.4, -0.2) is 12.1 Å². The SMILES string of the molecule is [CH2]CNC1(C)CC1. The van der Waals surface area contributed by atoms with E-state index in [4.69, 9.17) is 0 Å². The maximum atomic E-state index is 3.70. The predicted molar refractivity (Wildman–Crippen MR) is 31.0 cm³/mol. The summed E-state index contributed by atoms with van der Waals surface area (Å²) in [4.78, 5) is 0. The first-order valence-corrected chi connectivity index (χ1v) is 2.81. The Hall–Kier alpha value is -0.0400. The normalized spacial score (nSPS) is 24.9. The minimum atomic E-state index is 0.488. The van der Waals surface area contributed by atoms with Gasteiger partial charge in [0.1, 0.15) is 0 Å². The van der Waals surface area contributed by atoms with Crippen molar-refractivity contribution in [3.63, 3.8) is 0 Å². The standard InChI is InChI=1S/C6H12N/c1-3-7-6(2)4-5-6/h7H,1,3-5H2,2H3. The van der Waals surface area contributed by atoms with Gasteiger partial charge in [0.25, 0.3) is 0 Å². The summed E-state index contributed by atoms with van der Waals surface area (Å²) in [6.45, 7) is 6.81. The van der Waals surface area contributed by atoms with Gasteiger partial charge in [-0.15, -0.1) is 0 Å². The third kappa shape index (κ3) is 1.16. The fraction of sp³-hybridized carbons (Fsp3) is 0.833. The van der Waals surface area contributed by atoms with Crippen molar-refractivity contribution < 1.29 is 0 Å². The molecule has 0 saturated heterocycles. The summed E-state index contributed by atoms with van der Waals surface area (Å²) in [5, 5.41) is 3.28. The van der Waals surface area contributed by atoms with Gasteiger partial charge in [0.15, 0.2) is 0 Å². The van der Waals surface area contributed by atoms with E-state index in [-0.39, 0.29) is 0 Å². The molecule has 0 amide bonds. The van der Waals surface area contributed by atoms with E-state index in [1.165, 1.54) is 12.8 Å². The minimum absolute atomic E-state index is 0.488. The Bertz CT molecular complexity index is 64.6. The lowest BCUT2D eigenvalue weighted by Gasteiger charge is -2.05. The third-order valence-corrected chi connectivity index (χ3v) is 1.55. The van der Waals surface area contributed by atoms with Crippen molar-refractivity contribution in [3.05, 3.63) is 6.92 Å². The van der Waals surface area contributed by atoms with Gasteiger partial charge in [-0.2, -0.15) is 0 Å². The minimum Gasteiger partial charge on any atom is -0.312 e. The van der Waals surface area contributed by atoms with Gasteiger partial charge in [0.05, 0.1) is 0 Å². The highest BCUT2D eigenvalue weighted by Crippen LogP contribution is 2.33. The summed E-state index contributed by atoms with van der Waals surface area (Å²) in [6.07, 6.45) is 2.67. The van der Waals surface area contributed by atoms with Gasteiger partial charge in [-0.05, 0) is 33.2 Å². The van der Waals surface area contributed by atoms with Crippen LogP contribution < -0.4 is 5.32 Å². The lowest BCUT2D eigenvalue weighted by molar-refractivity contribution is 0.575. The molecular weight excluding hydrogens is 86.1 g/mol. The van der Waals surface area contributed by atoms with Gasteiger partial charge >= 0.3 is 0 Å². The second-order valence-electron chi connectivity index (χ2n) is 2.49. The Morgan fingerprint density at radius 1 is 1.71 bits per heavy atom. The van der Waals surface area contributed by atoms with Crippen LogP contribution in [0.1, 0.15) is 19.8 Å². The molecule has 1 rings (SSSR count). The molecule has 1 aliphatic carbocycles. The van der Waals surface area contributed by atoms with Crippen molar-refractivity contribution in [2.24, 2.45) is 0 Å². The zero-order valence-corrected chi connectivity index (χ0v) is 4.83. The predicted octanol–water partition coefficient (Wildman–Crippen LogP) is 0.963. The summed E-state index contributed by atoms with van der Waals surface area (Å²) in [5.74, 6) is 0. The second-order valence-corrected chi connectivity index (χ2v) is 2.49. The van der Waals surface area contributed by atoms with E-state index in [9.17, 15) is 0 Å². The molecule has 0 aromatic carbocycles. The van der Waals surface area contributed by atoms with Crippen LogP contribution in [0.5, 0.6) is 0 Å². The molecule has 0 aromatic heterocycles. The highest BCUT2D eigenvalue weighted by atomic mass is 15.0. The molecule has 1 nitrogen and oxygen atoms in total. The highest BCUT2D eigenvalue weighted by molar-refractivity contribution is 4.97.